The zero-order valence-electron chi connectivity index (χ0n) is 15.4. The number of hydrogen-bond acceptors (Lipinski definition) is 5. The second kappa shape index (κ2) is 11.1. The number of aromatic nitrogens is 1. The van der Waals surface area contributed by atoms with Gasteiger partial charge < -0.3 is 15.5 Å². The van der Waals surface area contributed by atoms with Crippen molar-refractivity contribution in [3.05, 3.63) is 33.6 Å². The molecule has 0 atom stereocenters. The highest BCUT2D eigenvalue weighted by molar-refractivity contribution is 14.0. The van der Waals surface area contributed by atoms with Gasteiger partial charge in [0.05, 0.1) is 10.0 Å². The molecule has 2 aromatic heterocycles. The summed E-state index contributed by atoms with van der Waals surface area (Å²) in [4.78, 5) is 12.9. The summed E-state index contributed by atoms with van der Waals surface area (Å²) in [6, 6.07) is 4.84. The van der Waals surface area contributed by atoms with E-state index in [0.717, 1.165) is 51.4 Å². The van der Waals surface area contributed by atoms with E-state index in [0.29, 0.717) is 6.04 Å². The number of nitrogens with one attached hydrogen (secondary N) is 2. The van der Waals surface area contributed by atoms with E-state index < -0.39 is 0 Å². The third-order valence-electron chi connectivity index (χ3n) is 4.26. The van der Waals surface area contributed by atoms with E-state index in [-0.39, 0.29) is 24.0 Å². The third-order valence-corrected chi connectivity index (χ3v) is 6.16. The fraction of sp³-hybridized carbons (Fsp3) is 0.556. The van der Waals surface area contributed by atoms with Crippen molar-refractivity contribution in [2.24, 2.45) is 4.99 Å². The molecule has 3 rings (SSSR count). The number of thiophene rings is 1. The number of hydrogen-bond donors (Lipinski definition) is 2. The number of piperidine rings is 1. The number of nitrogens with zero attached hydrogens (tertiary/aromatic N) is 3. The second-order valence-corrected chi connectivity index (χ2v) is 8.48. The SMILES string of the molecule is CCNC(=NCCc1ncc(C)s1)NC1CCN(c2cccs2)CC1.I. The average molecular weight is 505 g/mol. The lowest BCUT2D eigenvalue weighted by molar-refractivity contribution is 0.463. The second-order valence-electron chi connectivity index (χ2n) is 6.23. The molecule has 2 N–H and O–H groups in total. The van der Waals surface area contributed by atoms with Gasteiger partial charge in [-0.15, -0.1) is 46.7 Å². The third kappa shape index (κ3) is 6.38. The van der Waals surface area contributed by atoms with E-state index in [2.05, 4.69) is 51.9 Å². The number of thiazole rings is 1. The Kier molecular flexibility index (Phi) is 9.13. The normalized spacial score (nSPS) is 15.6. The highest BCUT2D eigenvalue weighted by Gasteiger charge is 2.20. The van der Waals surface area contributed by atoms with Crippen molar-refractivity contribution in [3.63, 3.8) is 0 Å². The maximum atomic E-state index is 4.73. The van der Waals surface area contributed by atoms with Crippen molar-refractivity contribution in [3.8, 4) is 0 Å². The molecule has 0 spiro atoms. The molecule has 0 unspecified atom stereocenters. The Labute approximate surface area is 181 Å². The summed E-state index contributed by atoms with van der Waals surface area (Å²) in [6.45, 7) is 8.08. The van der Waals surface area contributed by atoms with Crippen molar-refractivity contribution in [1.29, 1.82) is 0 Å². The molecule has 8 heteroatoms. The number of halogens is 1. The van der Waals surface area contributed by atoms with E-state index in [1.807, 2.05) is 17.5 Å². The Hall–Kier alpha value is -0.870. The Balaban J connectivity index is 0.00000243. The molecule has 0 aliphatic carbocycles. The Bertz CT molecular complexity index is 663. The van der Waals surface area contributed by atoms with Crippen LogP contribution < -0.4 is 15.5 Å². The van der Waals surface area contributed by atoms with Gasteiger partial charge in [-0.05, 0) is 44.2 Å². The lowest BCUT2D eigenvalue weighted by atomic mass is 10.1. The topological polar surface area (TPSA) is 52.6 Å². The highest BCUT2D eigenvalue weighted by atomic mass is 127. The lowest BCUT2D eigenvalue weighted by Crippen LogP contribution is -2.48. The highest BCUT2D eigenvalue weighted by Crippen LogP contribution is 2.24. The van der Waals surface area contributed by atoms with Crippen LogP contribution in [0.1, 0.15) is 29.7 Å². The van der Waals surface area contributed by atoms with Crippen LogP contribution in [0.2, 0.25) is 0 Å². The van der Waals surface area contributed by atoms with Crippen molar-refractivity contribution < 1.29 is 0 Å². The first-order valence-electron chi connectivity index (χ1n) is 8.99. The molecule has 3 heterocycles. The van der Waals surface area contributed by atoms with Crippen LogP contribution in [-0.4, -0.2) is 43.2 Å². The summed E-state index contributed by atoms with van der Waals surface area (Å²) < 4.78 is 0. The summed E-state index contributed by atoms with van der Waals surface area (Å²) in [5.41, 5.74) is 0. The number of aryl methyl sites for hydroxylation is 1. The summed E-state index contributed by atoms with van der Waals surface area (Å²) in [6.07, 6.45) is 5.14. The van der Waals surface area contributed by atoms with E-state index >= 15 is 0 Å². The van der Waals surface area contributed by atoms with Crippen LogP contribution in [0.4, 0.5) is 5.00 Å². The predicted octanol–water partition coefficient (Wildman–Crippen LogP) is 3.90. The summed E-state index contributed by atoms with van der Waals surface area (Å²) in [5.74, 6) is 0.936. The van der Waals surface area contributed by atoms with Gasteiger partial charge in [0.15, 0.2) is 5.96 Å². The van der Waals surface area contributed by atoms with Gasteiger partial charge in [0, 0.05) is 49.7 Å². The van der Waals surface area contributed by atoms with Crippen LogP contribution in [0, 0.1) is 6.92 Å². The Morgan fingerprint density at radius 3 is 2.81 bits per heavy atom. The van der Waals surface area contributed by atoms with Gasteiger partial charge in [-0.25, -0.2) is 4.98 Å². The summed E-state index contributed by atoms with van der Waals surface area (Å²) in [7, 11) is 0. The maximum Gasteiger partial charge on any atom is 0.191 e. The first kappa shape index (κ1) is 21.4. The van der Waals surface area contributed by atoms with Gasteiger partial charge in [-0.1, -0.05) is 0 Å². The standard InChI is InChI=1S/C18H27N5S2.HI/c1-3-19-18(20-9-6-16-21-13-14(2)25-16)22-15-7-10-23(11-8-15)17-5-4-12-24-17;/h4-5,12-13,15H,3,6-11H2,1-2H3,(H2,19,20,22);1H. The zero-order valence-corrected chi connectivity index (χ0v) is 19.4. The zero-order chi connectivity index (χ0) is 17.5. The molecular formula is C18H28IN5S2. The van der Waals surface area contributed by atoms with E-state index in [4.69, 9.17) is 4.99 Å². The number of aliphatic imine (C=N–C) groups is 1. The molecule has 0 amide bonds. The predicted molar refractivity (Wildman–Crippen MR) is 125 cm³/mol. The molecule has 0 bridgehead atoms. The number of guanidine groups is 1. The van der Waals surface area contributed by atoms with Crippen LogP contribution in [0.3, 0.4) is 0 Å². The fourth-order valence-electron chi connectivity index (χ4n) is 2.99. The van der Waals surface area contributed by atoms with E-state index in [9.17, 15) is 0 Å². The van der Waals surface area contributed by atoms with Gasteiger partial charge in [0.25, 0.3) is 0 Å². The van der Waals surface area contributed by atoms with E-state index in [1.54, 1.807) is 11.3 Å². The Morgan fingerprint density at radius 1 is 1.38 bits per heavy atom. The minimum atomic E-state index is 0. The molecule has 1 aliphatic rings. The summed E-state index contributed by atoms with van der Waals surface area (Å²) in [5, 5.41) is 11.7. The van der Waals surface area contributed by atoms with Gasteiger partial charge >= 0.3 is 0 Å². The lowest BCUT2D eigenvalue weighted by Gasteiger charge is -2.33. The summed E-state index contributed by atoms with van der Waals surface area (Å²) >= 11 is 3.59. The van der Waals surface area contributed by atoms with Gasteiger partial charge in [-0.2, -0.15) is 0 Å². The maximum absolute atomic E-state index is 4.73. The van der Waals surface area contributed by atoms with Crippen molar-refractivity contribution in [2.45, 2.75) is 39.2 Å². The first-order valence-corrected chi connectivity index (χ1v) is 10.7. The fourth-order valence-corrected chi connectivity index (χ4v) is 4.55. The molecule has 0 aromatic carbocycles. The first-order chi connectivity index (χ1) is 12.2. The van der Waals surface area contributed by atoms with Crippen LogP contribution in [0.25, 0.3) is 0 Å². The number of anilines is 1. The molecule has 0 saturated carbocycles. The molecule has 26 heavy (non-hydrogen) atoms. The smallest absolute Gasteiger partial charge is 0.191 e. The molecule has 1 saturated heterocycles. The van der Waals surface area contributed by atoms with Crippen LogP contribution in [-0.2, 0) is 6.42 Å². The van der Waals surface area contributed by atoms with Gasteiger partial charge in [0.1, 0.15) is 0 Å². The molecule has 1 aliphatic heterocycles. The molecule has 5 nitrogen and oxygen atoms in total. The van der Waals surface area contributed by atoms with Crippen molar-refractivity contribution >= 4 is 57.6 Å². The molecule has 2 aromatic rings. The van der Waals surface area contributed by atoms with Crippen molar-refractivity contribution in [1.82, 2.24) is 15.6 Å². The monoisotopic (exact) mass is 505 g/mol. The van der Waals surface area contributed by atoms with Crippen LogP contribution >= 0.6 is 46.7 Å². The minimum Gasteiger partial charge on any atom is -0.363 e. The van der Waals surface area contributed by atoms with Gasteiger partial charge in [-0.3, -0.25) is 4.99 Å². The van der Waals surface area contributed by atoms with Crippen LogP contribution in [0.15, 0.2) is 28.7 Å². The molecule has 1 fully saturated rings. The van der Waals surface area contributed by atoms with E-state index in [1.165, 1.54) is 14.9 Å². The quantitative estimate of drug-likeness (QED) is 0.355. The van der Waals surface area contributed by atoms with Crippen molar-refractivity contribution in [2.75, 3.05) is 31.1 Å². The average Bonchev–Trinajstić information content (AvgIpc) is 3.28. The van der Waals surface area contributed by atoms with Crippen LogP contribution in [0.5, 0.6) is 0 Å². The minimum absolute atomic E-state index is 0. The molecule has 0 radical (unpaired) electrons. The largest absolute Gasteiger partial charge is 0.363 e. The van der Waals surface area contributed by atoms with Gasteiger partial charge in [0.2, 0.25) is 0 Å². The molecule has 144 valence electrons. The Morgan fingerprint density at radius 2 is 2.19 bits per heavy atom. The molecular weight excluding hydrogens is 477 g/mol. The number of rotatable bonds is 6.